The van der Waals surface area contributed by atoms with Gasteiger partial charge < -0.3 is 5.32 Å². The van der Waals surface area contributed by atoms with Crippen LogP contribution in [0.25, 0.3) is 0 Å². The lowest BCUT2D eigenvalue weighted by Gasteiger charge is -2.24. The van der Waals surface area contributed by atoms with E-state index in [1.54, 1.807) is 30.3 Å². The number of carbonyl (C=O) groups is 1. The molecule has 13 heteroatoms. The van der Waals surface area contributed by atoms with Gasteiger partial charge in [-0.05, 0) is 78.4 Å². The van der Waals surface area contributed by atoms with E-state index in [-0.39, 0.29) is 32.9 Å². The Morgan fingerprint density at radius 2 is 1.43 bits per heavy atom. The second kappa shape index (κ2) is 11.8. The molecule has 40 heavy (non-hydrogen) atoms. The summed E-state index contributed by atoms with van der Waals surface area (Å²) in [5.74, 6) is -0.944. The minimum atomic E-state index is -3.92. The Labute approximate surface area is 241 Å². The lowest BCUT2D eigenvalue weighted by atomic mass is 10.1. The average molecular weight is 623 g/mol. The average Bonchev–Trinajstić information content (AvgIpc) is 2.90. The van der Waals surface area contributed by atoms with E-state index in [0.717, 1.165) is 22.7 Å². The monoisotopic (exact) mass is 621 g/mol. The van der Waals surface area contributed by atoms with Crippen molar-refractivity contribution in [3.63, 3.8) is 0 Å². The zero-order valence-corrected chi connectivity index (χ0v) is 24.0. The van der Waals surface area contributed by atoms with Crippen LogP contribution in [-0.4, -0.2) is 29.0 Å². The molecule has 4 aromatic carbocycles. The maximum Gasteiger partial charge on any atom is 0.261 e. The smallest absolute Gasteiger partial charge is 0.261 e. The number of hydrogen-bond acceptors (Lipinski definition) is 5. The van der Waals surface area contributed by atoms with Gasteiger partial charge in [0.2, 0.25) is 10.0 Å². The normalized spacial score (nSPS) is 11.6. The second-order valence-electron chi connectivity index (χ2n) is 8.63. The first-order valence-corrected chi connectivity index (χ1v) is 15.6. The molecule has 2 N–H and O–H groups in total. The van der Waals surface area contributed by atoms with E-state index in [4.69, 9.17) is 23.2 Å². The molecule has 0 aromatic heterocycles. The van der Waals surface area contributed by atoms with Gasteiger partial charge in [0.1, 0.15) is 5.82 Å². The Balaban J connectivity index is 1.43. The fraction of sp³-hybridized carbons (Fsp3) is 0.0741. The summed E-state index contributed by atoms with van der Waals surface area (Å²) >= 11 is 12.3. The molecule has 0 aliphatic rings. The van der Waals surface area contributed by atoms with E-state index in [2.05, 4.69) is 10.0 Å². The predicted octanol–water partition coefficient (Wildman–Crippen LogP) is 6.15. The van der Waals surface area contributed by atoms with Gasteiger partial charge in [0.15, 0.2) is 0 Å². The molecule has 0 aliphatic heterocycles. The Kier molecular flexibility index (Phi) is 8.69. The number of nitrogens with zero attached hydrogens (tertiary/aromatic N) is 1. The van der Waals surface area contributed by atoms with Gasteiger partial charge in [-0.15, -0.1) is 0 Å². The van der Waals surface area contributed by atoms with Crippen LogP contribution in [0.3, 0.4) is 0 Å². The molecule has 208 valence electrons. The molecule has 4 aromatic rings. The number of sulfonamides is 2. The molecule has 8 nitrogen and oxygen atoms in total. The molecular formula is C27H22Cl2FN3O5S2. The SMILES string of the molecule is CS(=O)(=O)N(Cc1ccc(C(=O)Nc2ccc(S(=O)(=O)Nc3ccc(F)cc3)cc2)cc1)c1cccc(Cl)c1Cl. The van der Waals surface area contributed by atoms with Gasteiger partial charge in [0.05, 0.1) is 33.4 Å². The van der Waals surface area contributed by atoms with Crippen molar-refractivity contribution in [1.29, 1.82) is 0 Å². The topological polar surface area (TPSA) is 113 Å². The highest BCUT2D eigenvalue weighted by molar-refractivity contribution is 7.92. The maximum absolute atomic E-state index is 13.1. The zero-order valence-electron chi connectivity index (χ0n) is 20.8. The summed E-state index contributed by atoms with van der Waals surface area (Å²) in [5, 5.41) is 3.01. The Morgan fingerprint density at radius 1 is 0.825 bits per heavy atom. The summed E-state index contributed by atoms with van der Waals surface area (Å²) in [6, 6.07) is 21.4. The molecule has 0 atom stereocenters. The molecule has 0 fully saturated rings. The van der Waals surface area contributed by atoms with Crippen LogP contribution in [0.4, 0.5) is 21.5 Å². The third kappa shape index (κ3) is 7.11. The van der Waals surface area contributed by atoms with E-state index in [9.17, 15) is 26.0 Å². The number of anilines is 3. The first-order chi connectivity index (χ1) is 18.8. The Hall–Kier alpha value is -3.64. The van der Waals surface area contributed by atoms with Gasteiger partial charge in [-0.3, -0.25) is 13.8 Å². The van der Waals surface area contributed by atoms with Gasteiger partial charge in [-0.25, -0.2) is 21.2 Å². The molecule has 0 spiro atoms. The van der Waals surface area contributed by atoms with Crippen molar-refractivity contribution in [3.8, 4) is 0 Å². The van der Waals surface area contributed by atoms with E-state index in [1.807, 2.05) is 0 Å². The Morgan fingerprint density at radius 3 is 2.02 bits per heavy atom. The van der Waals surface area contributed by atoms with E-state index in [0.29, 0.717) is 16.8 Å². The van der Waals surface area contributed by atoms with Crippen LogP contribution in [0.1, 0.15) is 15.9 Å². The highest BCUT2D eigenvalue weighted by Crippen LogP contribution is 2.34. The number of nitrogens with one attached hydrogen (secondary N) is 2. The minimum absolute atomic E-state index is 0.0390. The minimum Gasteiger partial charge on any atom is -0.322 e. The van der Waals surface area contributed by atoms with E-state index >= 15 is 0 Å². The van der Waals surface area contributed by atoms with Gasteiger partial charge in [0, 0.05) is 16.9 Å². The first-order valence-electron chi connectivity index (χ1n) is 11.5. The molecule has 0 unspecified atom stereocenters. The summed E-state index contributed by atoms with van der Waals surface area (Å²) in [6.07, 6.45) is 1.06. The van der Waals surface area contributed by atoms with Crippen molar-refractivity contribution < 1.29 is 26.0 Å². The molecule has 0 saturated heterocycles. The molecule has 0 radical (unpaired) electrons. The molecular weight excluding hydrogens is 600 g/mol. The molecule has 1 amide bonds. The van der Waals surface area contributed by atoms with Gasteiger partial charge in [0.25, 0.3) is 15.9 Å². The van der Waals surface area contributed by atoms with E-state index < -0.39 is 31.8 Å². The molecule has 4 rings (SSSR count). The summed E-state index contributed by atoms with van der Waals surface area (Å²) in [4.78, 5) is 12.7. The van der Waals surface area contributed by atoms with Crippen molar-refractivity contribution >= 4 is 66.2 Å². The number of rotatable bonds is 9. The standard InChI is InChI=1S/C27H22Cl2FN3O5S2/c1-39(35,36)33(25-4-2-3-24(28)26(25)29)17-18-5-7-19(8-6-18)27(34)31-21-13-15-23(16-14-21)40(37,38)32-22-11-9-20(30)10-12-22/h2-16,32H,17H2,1H3,(H,31,34). The highest BCUT2D eigenvalue weighted by atomic mass is 35.5. The van der Waals surface area contributed by atoms with Gasteiger partial charge in [-0.1, -0.05) is 41.4 Å². The van der Waals surface area contributed by atoms with Crippen LogP contribution in [0.15, 0.2) is 95.9 Å². The summed E-state index contributed by atoms with van der Waals surface area (Å²) in [5.41, 5.74) is 1.69. The van der Waals surface area contributed by atoms with Crippen molar-refractivity contribution in [1.82, 2.24) is 0 Å². The number of halogens is 3. The Bertz CT molecular complexity index is 1750. The lowest BCUT2D eigenvalue weighted by Crippen LogP contribution is -2.29. The fourth-order valence-electron chi connectivity index (χ4n) is 3.65. The van der Waals surface area contributed by atoms with Crippen LogP contribution in [-0.2, 0) is 26.6 Å². The predicted molar refractivity (Wildman–Crippen MR) is 156 cm³/mol. The fourth-order valence-corrected chi connectivity index (χ4v) is 6.05. The molecule has 0 bridgehead atoms. The van der Waals surface area contributed by atoms with Crippen molar-refractivity contribution in [3.05, 3.63) is 118 Å². The third-order valence-corrected chi connectivity index (χ3v) is 8.99. The maximum atomic E-state index is 13.1. The van der Waals surface area contributed by atoms with Crippen LogP contribution in [0, 0.1) is 5.82 Å². The highest BCUT2D eigenvalue weighted by Gasteiger charge is 2.22. The van der Waals surface area contributed by atoms with Gasteiger partial charge in [-0.2, -0.15) is 0 Å². The van der Waals surface area contributed by atoms with Gasteiger partial charge >= 0.3 is 0 Å². The van der Waals surface area contributed by atoms with Crippen LogP contribution in [0.5, 0.6) is 0 Å². The quantitative estimate of drug-likeness (QED) is 0.233. The number of amides is 1. The molecule has 0 aliphatic carbocycles. The number of hydrogen-bond donors (Lipinski definition) is 2. The van der Waals surface area contributed by atoms with Crippen molar-refractivity contribution in [2.24, 2.45) is 0 Å². The summed E-state index contributed by atoms with van der Waals surface area (Å²) in [6.45, 7) is -0.0390. The first kappa shape index (κ1) is 29.3. The number of carbonyl (C=O) groups excluding carboxylic acids is 1. The van der Waals surface area contributed by atoms with Crippen LogP contribution >= 0.6 is 23.2 Å². The zero-order chi connectivity index (χ0) is 29.1. The van der Waals surface area contributed by atoms with Crippen molar-refractivity contribution in [2.45, 2.75) is 11.4 Å². The number of benzene rings is 4. The molecule has 0 saturated carbocycles. The summed E-state index contributed by atoms with van der Waals surface area (Å²) in [7, 11) is -7.63. The third-order valence-electron chi connectivity index (χ3n) is 5.66. The lowest BCUT2D eigenvalue weighted by molar-refractivity contribution is 0.102. The summed E-state index contributed by atoms with van der Waals surface area (Å²) < 4.78 is 66.7. The van der Waals surface area contributed by atoms with Crippen LogP contribution < -0.4 is 14.3 Å². The largest absolute Gasteiger partial charge is 0.322 e. The van der Waals surface area contributed by atoms with E-state index in [1.165, 1.54) is 48.5 Å². The second-order valence-corrected chi connectivity index (χ2v) is 13.0. The van der Waals surface area contributed by atoms with Crippen molar-refractivity contribution in [2.75, 3.05) is 20.6 Å². The van der Waals surface area contributed by atoms with Crippen LogP contribution in [0.2, 0.25) is 10.0 Å². The molecule has 0 heterocycles.